The van der Waals surface area contributed by atoms with Crippen LogP contribution in [0, 0.1) is 13.8 Å². The summed E-state index contributed by atoms with van der Waals surface area (Å²) < 4.78 is 0. The van der Waals surface area contributed by atoms with Crippen LogP contribution in [-0.2, 0) is 0 Å². The number of nitrogens with two attached hydrogens (primary N) is 1. The lowest BCUT2D eigenvalue weighted by Gasteiger charge is -2.06. The normalized spacial score (nSPS) is 9.83. The molecule has 12 heavy (non-hydrogen) atoms. The number of aromatic hydroxyl groups is 1. The number of aryl methyl sites for hydroxylation is 2. The van der Waals surface area contributed by atoms with Crippen LogP contribution in [0.1, 0.15) is 16.7 Å². The van der Waals surface area contributed by atoms with Gasteiger partial charge in [-0.05, 0) is 42.7 Å². The van der Waals surface area contributed by atoms with E-state index in [1.54, 1.807) is 0 Å². The van der Waals surface area contributed by atoms with Gasteiger partial charge in [0.2, 0.25) is 0 Å². The van der Waals surface area contributed by atoms with E-state index in [0.29, 0.717) is 11.4 Å². The highest BCUT2D eigenvalue weighted by Gasteiger charge is 2.03. The summed E-state index contributed by atoms with van der Waals surface area (Å²) in [4.78, 5) is 0. The third-order valence-corrected chi connectivity index (χ3v) is 1.86. The molecule has 3 N–H and O–H groups in total. The first-order valence-electron chi connectivity index (χ1n) is 3.77. The van der Waals surface area contributed by atoms with Gasteiger partial charge in [-0.25, -0.2) is 0 Å². The second kappa shape index (κ2) is 2.89. The van der Waals surface area contributed by atoms with Crippen molar-refractivity contribution in [2.24, 2.45) is 5.73 Å². The lowest BCUT2D eigenvalue weighted by Crippen LogP contribution is -1.95. The number of benzene rings is 1. The smallest absolute Gasteiger partial charge is 0.121 e. The first-order valence-corrected chi connectivity index (χ1v) is 3.77. The van der Waals surface area contributed by atoms with Crippen molar-refractivity contribution < 1.29 is 5.11 Å². The molecule has 2 heteroatoms. The number of rotatable bonds is 1. The minimum Gasteiger partial charge on any atom is -0.507 e. The Kier molecular flexibility index (Phi) is 2.09. The SMILES string of the molecule is C=C(N)c1cc(C)c(O)c(C)c1. The summed E-state index contributed by atoms with van der Waals surface area (Å²) in [6, 6.07) is 3.65. The van der Waals surface area contributed by atoms with Crippen molar-refractivity contribution in [1.29, 1.82) is 0 Å². The lowest BCUT2D eigenvalue weighted by molar-refractivity contribution is 0.467. The van der Waals surface area contributed by atoms with Gasteiger partial charge in [0.15, 0.2) is 0 Å². The maximum Gasteiger partial charge on any atom is 0.121 e. The first kappa shape index (κ1) is 8.65. The second-order valence-corrected chi connectivity index (χ2v) is 2.98. The standard InChI is InChI=1S/C10H13NO/c1-6-4-9(8(3)11)5-7(2)10(6)12/h4-5,12H,3,11H2,1-2H3. The van der Waals surface area contributed by atoms with E-state index in [2.05, 4.69) is 6.58 Å². The van der Waals surface area contributed by atoms with Gasteiger partial charge in [0, 0.05) is 5.70 Å². The van der Waals surface area contributed by atoms with Crippen LogP contribution in [0.3, 0.4) is 0 Å². The van der Waals surface area contributed by atoms with Gasteiger partial charge in [-0.3, -0.25) is 0 Å². The molecule has 0 aromatic heterocycles. The van der Waals surface area contributed by atoms with Gasteiger partial charge in [-0.15, -0.1) is 0 Å². The number of hydrogen-bond acceptors (Lipinski definition) is 2. The van der Waals surface area contributed by atoms with Gasteiger partial charge in [0.25, 0.3) is 0 Å². The summed E-state index contributed by atoms with van der Waals surface area (Å²) in [5.41, 5.74) is 8.59. The first-order chi connectivity index (χ1) is 5.52. The van der Waals surface area contributed by atoms with Crippen LogP contribution in [0.25, 0.3) is 5.70 Å². The van der Waals surface area contributed by atoms with Crippen LogP contribution >= 0.6 is 0 Å². The van der Waals surface area contributed by atoms with Gasteiger partial charge >= 0.3 is 0 Å². The highest BCUT2D eigenvalue weighted by molar-refractivity contribution is 5.63. The minimum absolute atomic E-state index is 0.333. The Morgan fingerprint density at radius 3 is 2.08 bits per heavy atom. The minimum atomic E-state index is 0.333. The zero-order valence-electron chi connectivity index (χ0n) is 7.39. The maximum atomic E-state index is 9.44. The largest absolute Gasteiger partial charge is 0.507 e. The van der Waals surface area contributed by atoms with Crippen molar-refractivity contribution in [3.63, 3.8) is 0 Å². The Morgan fingerprint density at radius 1 is 1.33 bits per heavy atom. The fourth-order valence-corrected chi connectivity index (χ4v) is 1.14. The third-order valence-electron chi connectivity index (χ3n) is 1.86. The molecule has 2 nitrogen and oxygen atoms in total. The summed E-state index contributed by atoms with van der Waals surface area (Å²) in [6.45, 7) is 7.32. The van der Waals surface area contributed by atoms with E-state index >= 15 is 0 Å². The van der Waals surface area contributed by atoms with E-state index in [-0.39, 0.29) is 0 Å². The molecular weight excluding hydrogens is 150 g/mol. The predicted octanol–water partition coefficient (Wildman–Crippen LogP) is 1.94. The Morgan fingerprint density at radius 2 is 1.75 bits per heavy atom. The molecule has 0 atom stereocenters. The van der Waals surface area contributed by atoms with E-state index in [1.165, 1.54) is 0 Å². The average molecular weight is 163 g/mol. The van der Waals surface area contributed by atoms with E-state index in [1.807, 2.05) is 26.0 Å². The monoisotopic (exact) mass is 163 g/mol. The zero-order valence-corrected chi connectivity index (χ0v) is 7.39. The highest BCUT2D eigenvalue weighted by Crippen LogP contribution is 2.24. The Bertz CT molecular complexity index is 306. The van der Waals surface area contributed by atoms with Crippen LogP contribution in [0.15, 0.2) is 18.7 Å². The van der Waals surface area contributed by atoms with Crippen molar-refractivity contribution in [3.8, 4) is 5.75 Å². The number of phenols is 1. The average Bonchev–Trinajstić information content (AvgIpc) is 1.99. The molecule has 0 saturated heterocycles. The summed E-state index contributed by atoms with van der Waals surface area (Å²) in [5, 5.41) is 9.44. The molecule has 0 amide bonds. The van der Waals surface area contributed by atoms with E-state index in [9.17, 15) is 5.11 Å². The molecular formula is C10H13NO. The molecule has 0 fully saturated rings. The fraction of sp³-hybridized carbons (Fsp3) is 0.200. The molecule has 1 aromatic carbocycles. The molecule has 1 rings (SSSR count). The topological polar surface area (TPSA) is 46.2 Å². The Labute approximate surface area is 72.3 Å². The number of hydrogen-bond donors (Lipinski definition) is 2. The second-order valence-electron chi connectivity index (χ2n) is 2.98. The third kappa shape index (κ3) is 1.42. The summed E-state index contributed by atoms with van der Waals surface area (Å²) in [7, 11) is 0. The predicted molar refractivity (Wildman–Crippen MR) is 50.8 cm³/mol. The summed E-state index contributed by atoms with van der Waals surface area (Å²) >= 11 is 0. The van der Waals surface area contributed by atoms with Gasteiger partial charge in [0.05, 0.1) is 0 Å². The molecule has 0 heterocycles. The fourth-order valence-electron chi connectivity index (χ4n) is 1.14. The summed E-state index contributed by atoms with van der Waals surface area (Å²) in [6.07, 6.45) is 0. The Balaban J connectivity index is 3.31. The van der Waals surface area contributed by atoms with Crippen LogP contribution in [0.5, 0.6) is 5.75 Å². The molecule has 0 bridgehead atoms. The number of phenolic OH excluding ortho intramolecular Hbond substituents is 1. The molecule has 0 spiro atoms. The van der Waals surface area contributed by atoms with Crippen LogP contribution in [-0.4, -0.2) is 5.11 Å². The van der Waals surface area contributed by atoms with Crippen molar-refractivity contribution in [2.75, 3.05) is 0 Å². The molecule has 1 aromatic rings. The lowest BCUT2D eigenvalue weighted by atomic mass is 10.0. The molecule has 0 saturated carbocycles. The van der Waals surface area contributed by atoms with Crippen molar-refractivity contribution >= 4 is 5.70 Å². The van der Waals surface area contributed by atoms with E-state index < -0.39 is 0 Å². The van der Waals surface area contributed by atoms with E-state index in [0.717, 1.165) is 16.7 Å². The molecule has 0 aliphatic carbocycles. The highest BCUT2D eigenvalue weighted by atomic mass is 16.3. The van der Waals surface area contributed by atoms with Crippen LogP contribution in [0.2, 0.25) is 0 Å². The molecule has 64 valence electrons. The van der Waals surface area contributed by atoms with Gasteiger partial charge in [-0.1, -0.05) is 6.58 Å². The molecule has 0 aliphatic heterocycles. The maximum absolute atomic E-state index is 9.44. The van der Waals surface area contributed by atoms with Gasteiger partial charge in [-0.2, -0.15) is 0 Å². The van der Waals surface area contributed by atoms with Gasteiger partial charge in [0.1, 0.15) is 5.75 Å². The van der Waals surface area contributed by atoms with Crippen LogP contribution < -0.4 is 5.73 Å². The van der Waals surface area contributed by atoms with Gasteiger partial charge < -0.3 is 10.8 Å². The van der Waals surface area contributed by atoms with E-state index in [4.69, 9.17) is 5.73 Å². The molecule has 0 aliphatic rings. The zero-order chi connectivity index (χ0) is 9.30. The molecule has 0 unspecified atom stereocenters. The summed E-state index contributed by atoms with van der Waals surface area (Å²) in [5.74, 6) is 0.333. The van der Waals surface area contributed by atoms with Crippen molar-refractivity contribution in [1.82, 2.24) is 0 Å². The van der Waals surface area contributed by atoms with Crippen LogP contribution in [0.4, 0.5) is 0 Å². The Hall–Kier alpha value is -1.44. The molecule has 0 radical (unpaired) electrons. The van der Waals surface area contributed by atoms with Crippen molar-refractivity contribution in [2.45, 2.75) is 13.8 Å². The van der Waals surface area contributed by atoms with Crippen molar-refractivity contribution in [3.05, 3.63) is 35.4 Å². The quantitative estimate of drug-likeness (QED) is 0.664.